The molecule has 1 heterocycles. The van der Waals surface area contributed by atoms with Gasteiger partial charge in [0.15, 0.2) is 0 Å². The highest BCUT2D eigenvalue weighted by molar-refractivity contribution is 7.21. The Bertz CT molecular complexity index is 513. The molecule has 2 rings (SSSR count). The molecule has 0 bridgehead atoms. The third-order valence-corrected chi connectivity index (χ3v) is 3.66. The average Bonchev–Trinajstić information content (AvgIpc) is 2.45. The predicted octanol–water partition coefficient (Wildman–Crippen LogP) is 2.62. The molecule has 2 nitrogen and oxygen atoms in total. The zero-order chi connectivity index (χ0) is 10.3. The molecule has 1 amide bonds. The van der Waals surface area contributed by atoms with Gasteiger partial charge in [0.05, 0.1) is 4.88 Å². The number of primary amides is 1. The number of benzene rings is 1. The maximum Gasteiger partial charge on any atom is 0.259 e. The second kappa shape index (κ2) is 3.10. The first-order valence-corrected chi connectivity index (χ1v) is 5.21. The summed E-state index contributed by atoms with van der Waals surface area (Å²) in [5.74, 6) is -0.330. The minimum absolute atomic E-state index is 0.330. The summed E-state index contributed by atoms with van der Waals surface area (Å²) in [7, 11) is 0. The Labute approximate surface area is 86.3 Å². The van der Waals surface area contributed by atoms with E-state index in [1.165, 1.54) is 22.3 Å². The van der Waals surface area contributed by atoms with Crippen LogP contribution in [0.5, 0.6) is 0 Å². The Morgan fingerprint density at radius 1 is 1.36 bits per heavy atom. The first-order chi connectivity index (χ1) is 6.61. The van der Waals surface area contributed by atoms with E-state index in [1.54, 1.807) is 0 Å². The topological polar surface area (TPSA) is 43.1 Å². The quantitative estimate of drug-likeness (QED) is 0.764. The van der Waals surface area contributed by atoms with Gasteiger partial charge in [-0.25, -0.2) is 0 Å². The fourth-order valence-electron chi connectivity index (χ4n) is 1.74. The zero-order valence-corrected chi connectivity index (χ0v) is 8.94. The first-order valence-electron chi connectivity index (χ1n) is 4.40. The molecule has 1 aromatic heterocycles. The fraction of sp³-hybridized carbons (Fsp3) is 0.182. The molecule has 14 heavy (non-hydrogen) atoms. The molecule has 0 spiro atoms. The molecule has 0 radical (unpaired) electrons. The van der Waals surface area contributed by atoms with Crippen LogP contribution in [0.25, 0.3) is 10.1 Å². The van der Waals surface area contributed by atoms with Crippen molar-refractivity contribution in [2.24, 2.45) is 5.73 Å². The lowest BCUT2D eigenvalue weighted by Crippen LogP contribution is -2.09. The summed E-state index contributed by atoms with van der Waals surface area (Å²) in [6.07, 6.45) is 0. The van der Waals surface area contributed by atoms with Crippen LogP contribution in [0.3, 0.4) is 0 Å². The van der Waals surface area contributed by atoms with Crippen LogP contribution in [0.15, 0.2) is 18.2 Å². The lowest BCUT2D eigenvalue weighted by atomic mass is 10.1. The maximum atomic E-state index is 11.1. The van der Waals surface area contributed by atoms with Gasteiger partial charge in [-0.3, -0.25) is 4.79 Å². The molecular weight excluding hydrogens is 194 g/mol. The van der Waals surface area contributed by atoms with Crippen LogP contribution in [0.1, 0.15) is 20.8 Å². The summed E-state index contributed by atoms with van der Waals surface area (Å²) < 4.78 is 1.14. The van der Waals surface area contributed by atoms with E-state index in [0.29, 0.717) is 4.88 Å². The molecule has 2 N–H and O–H groups in total. The van der Waals surface area contributed by atoms with Gasteiger partial charge in [0.25, 0.3) is 5.91 Å². The van der Waals surface area contributed by atoms with Crippen molar-refractivity contribution in [3.05, 3.63) is 34.2 Å². The number of thiophene rings is 1. The summed E-state index contributed by atoms with van der Waals surface area (Å²) in [5.41, 5.74) is 7.51. The van der Waals surface area contributed by atoms with Gasteiger partial charge in [0.1, 0.15) is 0 Å². The van der Waals surface area contributed by atoms with E-state index in [2.05, 4.69) is 0 Å². The van der Waals surface area contributed by atoms with Crippen LogP contribution in [0.2, 0.25) is 0 Å². The predicted molar refractivity (Wildman–Crippen MR) is 59.8 cm³/mol. The lowest BCUT2D eigenvalue weighted by molar-refractivity contribution is 0.100. The summed E-state index contributed by atoms with van der Waals surface area (Å²) >= 11 is 1.47. The van der Waals surface area contributed by atoms with Gasteiger partial charge < -0.3 is 5.73 Å². The number of hydrogen-bond donors (Lipinski definition) is 1. The molecule has 0 aliphatic heterocycles. The van der Waals surface area contributed by atoms with E-state index >= 15 is 0 Å². The van der Waals surface area contributed by atoms with Crippen molar-refractivity contribution >= 4 is 27.3 Å². The highest BCUT2D eigenvalue weighted by Gasteiger charge is 2.13. The summed E-state index contributed by atoms with van der Waals surface area (Å²) in [4.78, 5) is 11.8. The number of fused-ring (bicyclic) bond motifs is 1. The van der Waals surface area contributed by atoms with Crippen LogP contribution in [0, 0.1) is 13.8 Å². The van der Waals surface area contributed by atoms with E-state index < -0.39 is 0 Å². The van der Waals surface area contributed by atoms with Gasteiger partial charge in [-0.15, -0.1) is 11.3 Å². The number of carbonyl (C=O) groups is 1. The standard InChI is InChI=1S/C11H11NOS/c1-6-4-3-5-8-9(6)7(2)10(14-8)11(12)13/h3-5H,1-2H3,(H2,12,13). The van der Waals surface area contributed by atoms with Crippen molar-refractivity contribution in [1.82, 2.24) is 0 Å². The minimum atomic E-state index is -0.330. The van der Waals surface area contributed by atoms with Gasteiger partial charge in [0, 0.05) is 4.70 Å². The second-order valence-electron chi connectivity index (χ2n) is 3.37. The number of nitrogens with two attached hydrogens (primary N) is 1. The van der Waals surface area contributed by atoms with Crippen LogP contribution in [-0.4, -0.2) is 5.91 Å². The Hall–Kier alpha value is -1.35. The third kappa shape index (κ3) is 1.21. The third-order valence-electron chi connectivity index (χ3n) is 2.39. The van der Waals surface area contributed by atoms with Crippen LogP contribution in [-0.2, 0) is 0 Å². The lowest BCUT2D eigenvalue weighted by Gasteiger charge is -1.96. The molecular formula is C11H11NOS. The molecule has 0 unspecified atom stereocenters. The van der Waals surface area contributed by atoms with Crippen LogP contribution < -0.4 is 5.73 Å². The molecule has 0 aliphatic rings. The summed E-state index contributed by atoms with van der Waals surface area (Å²) in [6.45, 7) is 4.00. The van der Waals surface area contributed by atoms with Crippen molar-refractivity contribution in [1.29, 1.82) is 0 Å². The molecule has 0 saturated heterocycles. The SMILES string of the molecule is Cc1cccc2sc(C(N)=O)c(C)c12. The fourth-order valence-corrected chi connectivity index (χ4v) is 2.88. The van der Waals surface area contributed by atoms with E-state index in [-0.39, 0.29) is 5.91 Å². The second-order valence-corrected chi connectivity index (χ2v) is 4.42. The number of amides is 1. The van der Waals surface area contributed by atoms with E-state index in [4.69, 9.17) is 5.73 Å². The number of hydrogen-bond acceptors (Lipinski definition) is 2. The monoisotopic (exact) mass is 205 g/mol. The van der Waals surface area contributed by atoms with Gasteiger partial charge in [-0.2, -0.15) is 0 Å². The Balaban J connectivity index is 2.87. The average molecular weight is 205 g/mol. The number of rotatable bonds is 1. The van der Waals surface area contributed by atoms with Gasteiger partial charge >= 0.3 is 0 Å². The molecule has 0 saturated carbocycles. The summed E-state index contributed by atoms with van der Waals surface area (Å²) in [5, 5.41) is 1.17. The molecule has 0 fully saturated rings. The summed E-state index contributed by atoms with van der Waals surface area (Å²) in [6, 6.07) is 6.07. The molecule has 2 aromatic rings. The largest absolute Gasteiger partial charge is 0.365 e. The smallest absolute Gasteiger partial charge is 0.259 e. The Morgan fingerprint density at radius 2 is 2.07 bits per heavy atom. The number of aryl methyl sites for hydroxylation is 2. The molecule has 72 valence electrons. The Kier molecular flexibility index (Phi) is 2.04. The van der Waals surface area contributed by atoms with Crippen molar-refractivity contribution in [2.75, 3.05) is 0 Å². The number of carbonyl (C=O) groups excluding carboxylic acids is 1. The van der Waals surface area contributed by atoms with E-state index in [1.807, 2.05) is 32.0 Å². The van der Waals surface area contributed by atoms with Crippen molar-refractivity contribution < 1.29 is 4.79 Å². The molecule has 1 aromatic carbocycles. The molecule has 0 aliphatic carbocycles. The maximum absolute atomic E-state index is 11.1. The normalized spacial score (nSPS) is 10.7. The van der Waals surface area contributed by atoms with Crippen LogP contribution >= 0.6 is 11.3 Å². The van der Waals surface area contributed by atoms with Gasteiger partial charge in [0.2, 0.25) is 0 Å². The van der Waals surface area contributed by atoms with Crippen molar-refractivity contribution in [3.8, 4) is 0 Å². The van der Waals surface area contributed by atoms with Crippen molar-refractivity contribution in [3.63, 3.8) is 0 Å². The van der Waals surface area contributed by atoms with Gasteiger partial charge in [-0.1, -0.05) is 12.1 Å². The highest BCUT2D eigenvalue weighted by atomic mass is 32.1. The first kappa shape index (κ1) is 9.21. The highest BCUT2D eigenvalue weighted by Crippen LogP contribution is 2.32. The minimum Gasteiger partial charge on any atom is -0.365 e. The zero-order valence-electron chi connectivity index (χ0n) is 8.13. The van der Waals surface area contributed by atoms with E-state index in [9.17, 15) is 4.79 Å². The van der Waals surface area contributed by atoms with Crippen molar-refractivity contribution in [2.45, 2.75) is 13.8 Å². The molecule has 3 heteroatoms. The van der Waals surface area contributed by atoms with Gasteiger partial charge in [-0.05, 0) is 36.4 Å². The van der Waals surface area contributed by atoms with Crippen LogP contribution in [0.4, 0.5) is 0 Å². The molecule has 0 atom stereocenters. The van der Waals surface area contributed by atoms with E-state index in [0.717, 1.165) is 10.3 Å². The Morgan fingerprint density at radius 3 is 2.64 bits per heavy atom.